The topological polar surface area (TPSA) is 72.1 Å². The molecule has 1 aliphatic carbocycles. The van der Waals surface area contributed by atoms with Crippen molar-refractivity contribution in [3.8, 4) is 11.5 Å². The molecule has 6 nitrogen and oxygen atoms in total. The van der Waals surface area contributed by atoms with Crippen LogP contribution in [0.4, 0.5) is 0 Å². The zero-order chi connectivity index (χ0) is 18.1. The van der Waals surface area contributed by atoms with E-state index in [2.05, 4.69) is 15.2 Å². The van der Waals surface area contributed by atoms with E-state index < -0.39 is 0 Å². The molecule has 1 atom stereocenters. The Labute approximate surface area is 151 Å². The maximum atomic E-state index is 13.1. The molecule has 1 amide bonds. The highest BCUT2D eigenvalue weighted by atomic mass is 16.4. The molecular weight excluding hydrogens is 328 g/mol. The maximum Gasteiger partial charge on any atom is 0.254 e. The first kappa shape index (κ1) is 16.4. The van der Waals surface area contributed by atoms with Crippen LogP contribution in [0.1, 0.15) is 47.7 Å². The van der Waals surface area contributed by atoms with Crippen LogP contribution in [0.2, 0.25) is 0 Å². The van der Waals surface area contributed by atoms with Gasteiger partial charge in [-0.1, -0.05) is 6.07 Å². The van der Waals surface area contributed by atoms with Crippen molar-refractivity contribution >= 4 is 5.91 Å². The summed E-state index contributed by atoms with van der Waals surface area (Å²) in [6, 6.07) is 13.4. The Balaban J connectivity index is 1.58. The van der Waals surface area contributed by atoms with Crippen LogP contribution < -0.4 is 0 Å². The van der Waals surface area contributed by atoms with Gasteiger partial charge in [-0.15, -0.1) is 10.2 Å². The maximum absolute atomic E-state index is 13.1. The van der Waals surface area contributed by atoms with Crippen LogP contribution in [0.5, 0.6) is 0 Å². The fourth-order valence-corrected chi connectivity index (χ4v) is 3.09. The van der Waals surface area contributed by atoms with E-state index in [-0.39, 0.29) is 18.0 Å². The summed E-state index contributed by atoms with van der Waals surface area (Å²) in [5, 5.41) is 7.85. The van der Waals surface area contributed by atoms with Gasteiger partial charge in [-0.05, 0) is 56.2 Å². The van der Waals surface area contributed by atoms with Gasteiger partial charge in [0.1, 0.15) is 0 Å². The molecule has 0 spiro atoms. The summed E-state index contributed by atoms with van der Waals surface area (Å²) in [6.45, 7) is 3.79. The number of benzene rings is 1. The molecule has 2 heterocycles. The molecular formula is C20H20N4O2. The third-order valence-corrected chi connectivity index (χ3v) is 4.61. The van der Waals surface area contributed by atoms with Gasteiger partial charge in [-0.25, -0.2) is 0 Å². The number of rotatable bonds is 5. The molecule has 6 heteroatoms. The smallest absolute Gasteiger partial charge is 0.254 e. The number of hydrogen-bond donors (Lipinski definition) is 0. The van der Waals surface area contributed by atoms with E-state index >= 15 is 0 Å². The van der Waals surface area contributed by atoms with Gasteiger partial charge in [0.05, 0.1) is 11.7 Å². The average Bonchev–Trinajstić information content (AvgIpc) is 3.42. The first-order valence-corrected chi connectivity index (χ1v) is 8.77. The van der Waals surface area contributed by atoms with Crippen molar-refractivity contribution in [3.63, 3.8) is 0 Å². The molecule has 0 N–H and O–H groups in total. The molecule has 2 aromatic heterocycles. The first-order valence-electron chi connectivity index (χ1n) is 8.77. The lowest BCUT2D eigenvalue weighted by molar-refractivity contribution is 0.0670. The molecule has 132 valence electrons. The lowest BCUT2D eigenvalue weighted by Gasteiger charge is -2.29. The van der Waals surface area contributed by atoms with Gasteiger partial charge >= 0.3 is 0 Å². The van der Waals surface area contributed by atoms with Crippen LogP contribution in [0, 0.1) is 6.92 Å². The minimum atomic E-state index is -0.0607. The number of nitrogens with zero attached hydrogens (tertiary/aromatic N) is 4. The second-order valence-corrected chi connectivity index (χ2v) is 6.58. The highest BCUT2D eigenvalue weighted by Gasteiger charge is 2.37. The fourth-order valence-electron chi connectivity index (χ4n) is 3.09. The van der Waals surface area contributed by atoms with Crippen LogP contribution in [-0.2, 0) is 0 Å². The zero-order valence-corrected chi connectivity index (χ0v) is 14.8. The Morgan fingerprint density at radius 2 is 1.92 bits per heavy atom. The van der Waals surface area contributed by atoms with Crippen molar-refractivity contribution in [1.29, 1.82) is 0 Å². The van der Waals surface area contributed by atoms with Gasteiger partial charge in [-0.2, -0.15) is 0 Å². The molecule has 1 saturated carbocycles. The number of pyridine rings is 1. The predicted molar refractivity (Wildman–Crippen MR) is 96.3 cm³/mol. The standard InChI is InChI=1S/C20H20N4O2/c1-13(18-5-3-4-12-21-18)24(17-10-11-17)20(25)16-8-6-15(7-9-16)19-23-22-14(2)26-19/h3-9,12-13,17H,10-11H2,1-2H3/t13-/m1/s1. The van der Waals surface area contributed by atoms with E-state index in [4.69, 9.17) is 4.42 Å². The molecule has 0 radical (unpaired) electrons. The van der Waals surface area contributed by atoms with Crippen LogP contribution >= 0.6 is 0 Å². The Morgan fingerprint density at radius 3 is 2.50 bits per heavy atom. The Kier molecular flexibility index (Phi) is 4.24. The summed E-state index contributed by atoms with van der Waals surface area (Å²) in [5.41, 5.74) is 2.36. The van der Waals surface area contributed by atoms with Crippen LogP contribution in [0.15, 0.2) is 53.1 Å². The van der Waals surface area contributed by atoms with Crippen LogP contribution in [0.25, 0.3) is 11.5 Å². The second-order valence-electron chi connectivity index (χ2n) is 6.58. The molecule has 0 saturated heterocycles. The molecule has 3 aromatic rings. The van der Waals surface area contributed by atoms with E-state index in [1.165, 1.54) is 0 Å². The lowest BCUT2D eigenvalue weighted by atomic mass is 10.1. The van der Waals surface area contributed by atoms with E-state index in [0.717, 1.165) is 24.1 Å². The van der Waals surface area contributed by atoms with Gasteiger partial charge in [0.2, 0.25) is 11.8 Å². The predicted octanol–water partition coefficient (Wildman–Crippen LogP) is 3.81. The van der Waals surface area contributed by atoms with Crippen LogP contribution in [0.3, 0.4) is 0 Å². The van der Waals surface area contributed by atoms with E-state index in [1.54, 1.807) is 13.1 Å². The van der Waals surface area contributed by atoms with Gasteiger partial charge in [-0.3, -0.25) is 9.78 Å². The number of hydrogen-bond acceptors (Lipinski definition) is 5. The first-order chi connectivity index (χ1) is 12.6. The summed E-state index contributed by atoms with van der Waals surface area (Å²) in [5.74, 6) is 1.01. The number of aromatic nitrogens is 3. The van der Waals surface area contributed by atoms with E-state index in [1.807, 2.05) is 54.3 Å². The van der Waals surface area contributed by atoms with Crippen molar-refractivity contribution in [2.24, 2.45) is 0 Å². The number of aryl methyl sites for hydroxylation is 1. The largest absolute Gasteiger partial charge is 0.421 e. The van der Waals surface area contributed by atoms with Crippen molar-refractivity contribution in [2.75, 3.05) is 0 Å². The zero-order valence-electron chi connectivity index (χ0n) is 14.8. The summed E-state index contributed by atoms with van der Waals surface area (Å²) in [4.78, 5) is 19.5. The Hall–Kier alpha value is -3.02. The van der Waals surface area contributed by atoms with Gasteiger partial charge in [0.25, 0.3) is 5.91 Å². The summed E-state index contributed by atoms with van der Waals surface area (Å²) >= 11 is 0. The van der Waals surface area contributed by atoms with Gasteiger partial charge in [0.15, 0.2) is 0 Å². The van der Waals surface area contributed by atoms with Crippen molar-refractivity contribution in [2.45, 2.75) is 38.8 Å². The molecule has 1 aromatic carbocycles. The third-order valence-electron chi connectivity index (χ3n) is 4.61. The molecule has 26 heavy (non-hydrogen) atoms. The minimum absolute atomic E-state index is 0.0268. The van der Waals surface area contributed by atoms with Crippen molar-refractivity contribution in [3.05, 3.63) is 65.8 Å². The highest BCUT2D eigenvalue weighted by Crippen LogP contribution is 2.35. The lowest BCUT2D eigenvalue weighted by Crippen LogP contribution is -2.35. The van der Waals surface area contributed by atoms with E-state index in [0.29, 0.717) is 17.3 Å². The van der Waals surface area contributed by atoms with E-state index in [9.17, 15) is 4.79 Å². The van der Waals surface area contributed by atoms with Gasteiger partial charge < -0.3 is 9.32 Å². The molecule has 1 fully saturated rings. The number of carbonyl (C=O) groups excluding carboxylic acids is 1. The normalized spacial score (nSPS) is 14.8. The minimum Gasteiger partial charge on any atom is -0.421 e. The number of amides is 1. The Morgan fingerprint density at radius 1 is 1.15 bits per heavy atom. The third kappa shape index (κ3) is 3.22. The summed E-state index contributed by atoms with van der Waals surface area (Å²) in [7, 11) is 0. The average molecular weight is 348 g/mol. The summed E-state index contributed by atoms with van der Waals surface area (Å²) in [6.07, 6.45) is 3.85. The number of carbonyl (C=O) groups is 1. The second kappa shape index (κ2) is 6.71. The fraction of sp³-hybridized carbons (Fsp3) is 0.300. The molecule has 0 aliphatic heterocycles. The SMILES string of the molecule is Cc1nnc(-c2ccc(C(=O)N(C3CC3)[C@H](C)c3ccccn3)cc2)o1. The summed E-state index contributed by atoms with van der Waals surface area (Å²) < 4.78 is 5.44. The van der Waals surface area contributed by atoms with Crippen molar-refractivity contribution in [1.82, 2.24) is 20.1 Å². The molecule has 0 unspecified atom stereocenters. The van der Waals surface area contributed by atoms with Crippen LogP contribution in [-0.4, -0.2) is 32.0 Å². The molecule has 0 bridgehead atoms. The van der Waals surface area contributed by atoms with Crippen molar-refractivity contribution < 1.29 is 9.21 Å². The quantitative estimate of drug-likeness (QED) is 0.701. The monoisotopic (exact) mass is 348 g/mol. The highest BCUT2D eigenvalue weighted by molar-refractivity contribution is 5.95. The van der Waals surface area contributed by atoms with Gasteiger partial charge in [0, 0.05) is 30.3 Å². The molecule has 1 aliphatic rings. The Bertz CT molecular complexity index is 901. The molecule has 4 rings (SSSR count).